The van der Waals surface area contributed by atoms with Crippen LogP contribution in [-0.2, 0) is 6.42 Å². The molecule has 1 rings (SSSR count). The lowest BCUT2D eigenvalue weighted by atomic mass is 10.1. The van der Waals surface area contributed by atoms with Crippen molar-refractivity contribution in [2.24, 2.45) is 5.73 Å². The quantitative estimate of drug-likeness (QED) is 0.770. The summed E-state index contributed by atoms with van der Waals surface area (Å²) in [6.07, 6.45) is 2.20. The summed E-state index contributed by atoms with van der Waals surface area (Å²) in [5, 5.41) is 0. The van der Waals surface area contributed by atoms with Gasteiger partial charge in [-0.1, -0.05) is 30.3 Å². The molecular formula is C13H22N2. The number of hydrogen-bond acceptors (Lipinski definition) is 2. The molecule has 0 aliphatic carbocycles. The van der Waals surface area contributed by atoms with Gasteiger partial charge in [0, 0.05) is 12.6 Å². The molecule has 0 heterocycles. The SMILES string of the molecule is CC(N)CCN(C)CCc1ccccc1. The van der Waals surface area contributed by atoms with Crippen LogP contribution in [0.2, 0.25) is 0 Å². The van der Waals surface area contributed by atoms with Gasteiger partial charge >= 0.3 is 0 Å². The summed E-state index contributed by atoms with van der Waals surface area (Å²) >= 11 is 0. The molecule has 0 aromatic heterocycles. The third-order valence-corrected chi connectivity index (χ3v) is 2.59. The first-order valence-corrected chi connectivity index (χ1v) is 5.66. The number of hydrogen-bond donors (Lipinski definition) is 1. The zero-order chi connectivity index (χ0) is 11.1. The van der Waals surface area contributed by atoms with Crippen molar-refractivity contribution in [2.75, 3.05) is 20.1 Å². The number of nitrogens with zero attached hydrogens (tertiary/aromatic N) is 1. The summed E-state index contributed by atoms with van der Waals surface area (Å²) in [6, 6.07) is 10.9. The highest BCUT2D eigenvalue weighted by molar-refractivity contribution is 5.14. The van der Waals surface area contributed by atoms with Crippen LogP contribution >= 0.6 is 0 Å². The van der Waals surface area contributed by atoms with Crippen LogP contribution in [0.25, 0.3) is 0 Å². The number of nitrogens with two attached hydrogens (primary N) is 1. The molecule has 2 heteroatoms. The van der Waals surface area contributed by atoms with Gasteiger partial charge in [0.25, 0.3) is 0 Å². The Kier molecular flexibility index (Phi) is 5.37. The molecule has 0 saturated carbocycles. The molecule has 1 unspecified atom stereocenters. The van der Waals surface area contributed by atoms with Gasteiger partial charge in [0.15, 0.2) is 0 Å². The first-order chi connectivity index (χ1) is 7.18. The van der Waals surface area contributed by atoms with E-state index in [1.54, 1.807) is 0 Å². The molecule has 0 fully saturated rings. The minimum atomic E-state index is 0.309. The van der Waals surface area contributed by atoms with Crippen LogP contribution in [0.4, 0.5) is 0 Å². The Labute approximate surface area is 93.1 Å². The maximum Gasteiger partial charge on any atom is 0.00226 e. The van der Waals surface area contributed by atoms with Crippen LogP contribution in [0.1, 0.15) is 18.9 Å². The van der Waals surface area contributed by atoms with Gasteiger partial charge in [0.05, 0.1) is 0 Å². The second-order valence-electron chi connectivity index (χ2n) is 4.30. The fourth-order valence-corrected chi connectivity index (χ4v) is 1.50. The molecule has 0 saturated heterocycles. The molecule has 0 amide bonds. The van der Waals surface area contributed by atoms with E-state index in [1.807, 2.05) is 0 Å². The van der Waals surface area contributed by atoms with Gasteiger partial charge in [-0.25, -0.2) is 0 Å². The van der Waals surface area contributed by atoms with Gasteiger partial charge in [-0.3, -0.25) is 0 Å². The summed E-state index contributed by atoms with van der Waals surface area (Å²) in [6.45, 7) is 4.26. The van der Waals surface area contributed by atoms with Crippen LogP contribution in [0.15, 0.2) is 30.3 Å². The molecular weight excluding hydrogens is 184 g/mol. The van der Waals surface area contributed by atoms with Gasteiger partial charge in [0.2, 0.25) is 0 Å². The molecule has 2 nitrogen and oxygen atoms in total. The fourth-order valence-electron chi connectivity index (χ4n) is 1.50. The van der Waals surface area contributed by atoms with Crippen molar-refractivity contribution in [1.82, 2.24) is 4.90 Å². The van der Waals surface area contributed by atoms with Crippen LogP contribution in [0.5, 0.6) is 0 Å². The second kappa shape index (κ2) is 6.59. The molecule has 0 radical (unpaired) electrons. The molecule has 0 spiro atoms. The van der Waals surface area contributed by atoms with Crippen molar-refractivity contribution < 1.29 is 0 Å². The van der Waals surface area contributed by atoms with E-state index in [2.05, 4.69) is 49.2 Å². The summed E-state index contributed by atoms with van der Waals surface area (Å²) in [4.78, 5) is 2.34. The van der Waals surface area contributed by atoms with Crippen molar-refractivity contribution in [1.29, 1.82) is 0 Å². The first-order valence-electron chi connectivity index (χ1n) is 5.66. The summed E-state index contributed by atoms with van der Waals surface area (Å²) in [5.74, 6) is 0. The lowest BCUT2D eigenvalue weighted by Gasteiger charge is -2.17. The predicted octanol–water partition coefficient (Wildman–Crippen LogP) is 1.90. The molecule has 84 valence electrons. The molecule has 1 aromatic rings. The molecule has 15 heavy (non-hydrogen) atoms. The highest BCUT2D eigenvalue weighted by Gasteiger charge is 2.00. The van der Waals surface area contributed by atoms with E-state index in [4.69, 9.17) is 5.73 Å². The Morgan fingerprint density at radius 1 is 1.20 bits per heavy atom. The van der Waals surface area contributed by atoms with Crippen LogP contribution in [0, 0.1) is 0 Å². The third kappa shape index (κ3) is 5.55. The van der Waals surface area contributed by atoms with E-state index in [-0.39, 0.29) is 0 Å². The largest absolute Gasteiger partial charge is 0.328 e. The zero-order valence-corrected chi connectivity index (χ0v) is 9.82. The highest BCUT2D eigenvalue weighted by atomic mass is 15.1. The lowest BCUT2D eigenvalue weighted by molar-refractivity contribution is 0.324. The summed E-state index contributed by atoms with van der Waals surface area (Å²) in [7, 11) is 2.16. The maximum absolute atomic E-state index is 5.72. The molecule has 0 bridgehead atoms. The van der Waals surface area contributed by atoms with Crippen LogP contribution < -0.4 is 5.73 Å². The Morgan fingerprint density at radius 3 is 2.47 bits per heavy atom. The second-order valence-corrected chi connectivity index (χ2v) is 4.30. The zero-order valence-electron chi connectivity index (χ0n) is 9.82. The van der Waals surface area contributed by atoms with Crippen molar-refractivity contribution in [2.45, 2.75) is 25.8 Å². The average molecular weight is 206 g/mol. The van der Waals surface area contributed by atoms with E-state index < -0.39 is 0 Å². The maximum atomic E-state index is 5.72. The smallest absolute Gasteiger partial charge is 0.00226 e. The van der Waals surface area contributed by atoms with Crippen molar-refractivity contribution >= 4 is 0 Å². The monoisotopic (exact) mass is 206 g/mol. The highest BCUT2D eigenvalue weighted by Crippen LogP contribution is 2.01. The molecule has 0 aliphatic heterocycles. The summed E-state index contributed by atoms with van der Waals surface area (Å²) in [5.41, 5.74) is 7.13. The minimum absolute atomic E-state index is 0.309. The van der Waals surface area contributed by atoms with E-state index in [9.17, 15) is 0 Å². The van der Waals surface area contributed by atoms with Gasteiger partial charge in [-0.2, -0.15) is 0 Å². The lowest BCUT2D eigenvalue weighted by Crippen LogP contribution is -2.27. The van der Waals surface area contributed by atoms with Crippen molar-refractivity contribution in [3.8, 4) is 0 Å². The van der Waals surface area contributed by atoms with Crippen molar-refractivity contribution in [3.63, 3.8) is 0 Å². The normalized spacial score (nSPS) is 13.1. The Morgan fingerprint density at radius 2 is 1.87 bits per heavy atom. The molecule has 0 aliphatic rings. The number of likely N-dealkylation sites (N-methyl/N-ethyl adjacent to an activating group) is 1. The van der Waals surface area contributed by atoms with Gasteiger partial charge in [-0.05, 0) is 38.9 Å². The minimum Gasteiger partial charge on any atom is -0.328 e. The molecule has 2 N–H and O–H groups in total. The first kappa shape index (κ1) is 12.2. The molecule has 1 aromatic carbocycles. The number of benzene rings is 1. The predicted molar refractivity (Wildman–Crippen MR) is 65.9 cm³/mol. The van der Waals surface area contributed by atoms with Crippen LogP contribution in [-0.4, -0.2) is 31.1 Å². The third-order valence-electron chi connectivity index (χ3n) is 2.59. The van der Waals surface area contributed by atoms with E-state index >= 15 is 0 Å². The standard InChI is InChI=1S/C13H22N2/c1-12(14)8-10-15(2)11-9-13-6-4-3-5-7-13/h3-7,12H,8-11,14H2,1-2H3. The van der Waals surface area contributed by atoms with Crippen molar-refractivity contribution in [3.05, 3.63) is 35.9 Å². The van der Waals surface area contributed by atoms with E-state index in [0.717, 1.165) is 25.9 Å². The van der Waals surface area contributed by atoms with Gasteiger partial charge in [0.1, 0.15) is 0 Å². The average Bonchev–Trinajstić information content (AvgIpc) is 2.25. The van der Waals surface area contributed by atoms with Gasteiger partial charge < -0.3 is 10.6 Å². The Hall–Kier alpha value is -0.860. The summed E-state index contributed by atoms with van der Waals surface area (Å²) < 4.78 is 0. The molecule has 1 atom stereocenters. The fraction of sp³-hybridized carbons (Fsp3) is 0.538. The Balaban J connectivity index is 2.19. The topological polar surface area (TPSA) is 29.3 Å². The number of rotatable bonds is 6. The Bertz CT molecular complexity index is 256. The van der Waals surface area contributed by atoms with E-state index in [1.165, 1.54) is 5.56 Å². The van der Waals surface area contributed by atoms with Crippen LogP contribution in [0.3, 0.4) is 0 Å². The van der Waals surface area contributed by atoms with E-state index in [0.29, 0.717) is 6.04 Å². The van der Waals surface area contributed by atoms with Gasteiger partial charge in [-0.15, -0.1) is 0 Å².